The van der Waals surface area contributed by atoms with Crippen molar-refractivity contribution >= 4 is 33.2 Å². The Labute approximate surface area is 284 Å². The Kier molecular flexibility index (Phi) is 9.47. The lowest BCUT2D eigenvalue weighted by atomic mass is 9.98. The smallest absolute Gasteiger partial charge is 0.407 e. The van der Waals surface area contributed by atoms with Gasteiger partial charge < -0.3 is 39.1 Å². The van der Waals surface area contributed by atoms with Gasteiger partial charge in [-0.1, -0.05) is 19.9 Å². The number of hydrogen-bond acceptors (Lipinski definition) is 11. The van der Waals surface area contributed by atoms with Gasteiger partial charge in [0.05, 0.1) is 37.4 Å². The predicted molar refractivity (Wildman–Crippen MR) is 175 cm³/mol. The summed E-state index contributed by atoms with van der Waals surface area (Å²) in [7, 11) is -2.80. The van der Waals surface area contributed by atoms with Crippen molar-refractivity contribution in [2.24, 2.45) is 23.7 Å². The van der Waals surface area contributed by atoms with Crippen LogP contribution >= 0.6 is 0 Å². The highest BCUT2D eigenvalue weighted by atomic mass is 32.2. The quantitative estimate of drug-likeness (QED) is 0.224. The van der Waals surface area contributed by atoms with Crippen LogP contribution in [0.4, 0.5) is 15.2 Å². The maximum Gasteiger partial charge on any atom is 0.407 e. The molecule has 2 aromatic carbocycles. The van der Waals surface area contributed by atoms with E-state index in [1.807, 2.05) is 13.8 Å². The molecule has 0 spiro atoms. The average Bonchev–Trinajstić information content (AvgIpc) is 3.52. The minimum absolute atomic E-state index is 0.00430. The second-order valence-corrected chi connectivity index (χ2v) is 15.9. The first-order valence-corrected chi connectivity index (χ1v) is 18.3. The lowest BCUT2D eigenvalue weighted by Crippen LogP contribution is -2.52. The number of benzene rings is 2. The number of halogens is 1. The third-order valence-corrected chi connectivity index (χ3v) is 11.7. The van der Waals surface area contributed by atoms with Crippen LogP contribution in [-0.2, 0) is 30.7 Å². The summed E-state index contributed by atoms with van der Waals surface area (Å²) in [6.45, 7) is 4.37. The van der Waals surface area contributed by atoms with Gasteiger partial charge in [0, 0.05) is 43.0 Å². The molecule has 3 heterocycles. The summed E-state index contributed by atoms with van der Waals surface area (Å²) in [4.78, 5) is 17.9. The van der Waals surface area contributed by atoms with E-state index in [0.29, 0.717) is 41.9 Å². The molecule has 1 amide bonds. The van der Waals surface area contributed by atoms with Gasteiger partial charge in [-0.3, -0.25) is 0 Å². The number of oxazole rings is 1. The molecule has 49 heavy (non-hydrogen) atoms. The van der Waals surface area contributed by atoms with Gasteiger partial charge in [0.1, 0.15) is 11.6 Å². The van der Waals surface area contributed by atoms with Crippen molar-refractivity contribution < 1.29 is 46.1 Å². The van der Waals surface area contributed by atoms with Crippen molar-refractivity contribution in [2.45, 2.75) is 75.0 Å². The zero-order chi connectivity index (χ0) is 34.4. The van der Waals surface area contributed by atoms with E-state index in [4.69, 9.17) is 23.4 Å². The number of fused-ring (bicyclic) bond motifs is 2. The molecular weight excluding hydrogens is 659 g/mol. The van der Waals surface area contributed by atoms with E-state index in [1.54, 1.807) is 6.07 Å². The second-order valence-electron chi connectivity index (χ2n) is 14.0. The van der Waals surface area contributed by atoms with E-state index in [-0.39, 0.29) is 60.1 Å². The number of carbonyl (C=O) groups excluding carboxylic acids is 1. The number of methoxy groups -OCH3 is 1. The van der Waals surface area contributed by atoms with Gasteiger partial charge in [-0.15, -0.1) is 0 Å². The number of sulfonamides is 1. The molecule has 3 aromatic rings. The van der Waals surface area contributed by atoms with Crippen LogP contribution in [0.1, 0.15) is 38.7 Å². The molecule has 15 heteroatoms. The molecule has 0 radical (unpaired) electrons. The first kappa shape index (κ1) is 34.0. The van der Waals surface area contributed by atoms with Crippen LogP contribution in [0.15, 0.2) is 45.7 Å². The number of amides is 1. The number of carbonyl (C=O) groups is 1. The third kappa shape index (κ3) is 7.22. The normalized spacial score (nSPS) is 25.9. The fraction of sp³-hybridized carbons (Fsp3) is 0.588. The van der Waals surface area contributed by atoms with E-state index in [1.165, 1.54) is 41.7 Å². The average molecular weight is 703 g/mol. The SMILES string of the molecule is COc1cc(C[C@H](NC(=O)OC2C3COC4OC[C@H]2C4C3)[C@H](O)CN(CC(C)C)S(=O)(=O)c2ccc3nc(NC4CC4)oc3c2)ccc1F. The number of anilines is 1. The van der Waals surface area contributed by atoms with Crippen LogP contribution in [0.3, 0.4) is 0 Å². The Morgan fingerprint density at radius 3 is 2.67 bits per heavy atom. The zero-order valence-corrected chi connectivity index (χ0v) is 28.5. The van der Waals surface area contributed by atoms with Gasteiger partial charge in [0.2, 0.25) is 10.0 Å². The number of ether oxygens (including phenoxy) is 4. The molecule has 266 valence electrons. The molecule has 4 aliphatic rings. The first-order valence-electron chi connectivity index (χ1n) is 16.9. The number of aromatic nitrogens is 1. The highest BCUT2D eigenvalue weighted by Gasteiger charge is 2.56. The fourth-order valence-corrected chi connectivity index (χ4v) is 8.86. The van der Waals surface area contributed by atoms with Crippen molar-refractivity contribution in [3.8, 4) is 5.75 Å². The topological polar surface area (TPSA) is 162 Å². The van der Waals surface area contributed by atoms with Crippen LogP contribution in [0.25, 0.3) is 11.1 Å². The van der Waals surface area contributed by atoms with Gasteiger partial charge in [-0.05, 0) is 61.4 Å². The van der Waals surface area contributed by atoms with Crippen LogP contribution in [-0.4, -0.2) is 92.9 Å². The van der Waals surface area contributed by atoms with Crippen LogP contribution < -0.4 is 15.4 Å². The van der Waals surface area contributed by atoms with Gasteiger partial charge in [-0.25, -0.2) is 17.6 Å². The van der Waals surface area contributed by atoms with Crippen molar-refractivity contribution in [1.82, 2.24) is 14.6 Å². The summed E-state index contributed by atoms with van der Waals surface area (Å²) in [5.41, 5.74) is 1.40. The summed E-state index contributed by atoms with van der Waals surface area (Å²) < 4.78 is 72.1. The van der Waals surface area contributed by atoms with Crippen molar-refractivity contribution in [2.75, 3.05) is 38.7 Å². The maximum atomic E-state index is 14.3. The zero-order valence-electron chi connectivity index (χ0n) is 27.7. The highest BCUT2D eigenvalue weighted by Crippen LogP contribution is 2.49. The van der Waals surface area contributed by atoms with Gasteiger partial charge in [0.15, 0.2) is 23.4 Å². The molecule has 1 aromatic heterocycles. The number of hydrogen-bond donors (Lipinski definition) is 3. The molecule has 2 aliphatic carbocycles. The summed E-state index contributed by atoms with van der Waals surface area (Å²) >= 11 is 0. The fourth-order valence-electron chi connectivity index (χ4n) is 7.22. The minimum atomic E-state index is -4.15. The van der Waals surface area contributed by atoms with E-state index in [0.717, 1.165) is 19.3 Å². The Bertz CT molecular complexity index is 1780. The minimum Gasteiger partial charge on any atom is -0.494 e. The molecule has 2 saturated carbocycles. The van der Waals surface area contributed by atoms with Crippen LogP contribution in [0, 0.1) is 29.5 Å². The van der Waals surface area contributed by atoms with E-state index < -0.39 is 40.2 Å². The Morgan fingerprint density at radius 1 is 1.12 bits per heavy atom. The molecular formula is C34H43FN4O9S. The number of nitrogens with one attached hydrogen (secondary N) is 2. The maximum absolute atomic E-state index is 14.3. The molecule has 7 atom stereocenters. The van der Waals surface area contributed by atoms with Crippen molar-refractivity contribution in [1.29, 1.82) is 0 Å². The first-order chi connectivity index (χ1) is 23.5. The number of alkyl carbamates (subject to hydrolysis) is 1. The summed E-state index contributed by atoms with van der Waals surface area (Å²) in [5.74, 6) is -0.428. The lowest BCUT2D eigenvalue weighted by molar-refractivity contribution is -0.169. The van der Waals surface area contributed by atoms with Crippen molar-refractivity contribution in [3.63, 3.8) is 0 Å². The van der Waals surface area contributed by atoms with E-state index in [2.05, 4.69) is 15.6 Å². The molecule has 7 rings (SSSR count). The Hall–Kier alpha value is -3.50. The van der Waals surface area contributed by atoms with Crippen LogP contribution in [0.5, 0.6) is 5.75 Å². The summed E-state index contributed by atoms with van der Waals surface area (Å²) in [6.07, 6.45) is 0.117. The van der Waals surface area contributed by atoms with Gasteiger partial charge in [-0.2, -0.15) is 9.29 Å². The number of nitrogens with zero attached hydrogens (tertiary/aromatic N) is 2. The largest absolute Gasteiger partial charge is 0.494 e. The molecule has 2 bridgehead atoms. The van der Waals surface area contributed by atoms with E-state index >= 15 is 0 Å². The van der Waals surface area contributed by atoms with Gasteiger partial charge in [0.25, 0.3) is 6.01 Å². The third-order valence-electron chi connectivity index (χ3n) is 9.83. The molecule has 2 aliphatic heterocycles. The second kappa shape index (κ2) is 13.7. The predicted octanol–water partition coefficient (Wildman–Crippen LogP) is 3.90. The van der Waals surface area contributed by atoms with Crippen molar-refractivity contribution in [3.05, 3.63) is 47.8 Å². The molecule has 4 unspecified atom stereocenters. The number of aliphatic hydroxyl groups is 1. The number of aliphatic hydroxyl groups excluding tert-OH is 1. The Balaban J connectivity index is 1.12. The molecule has 13 nitrogen and oxygen atoms in total. The standard InChI is InChI=1S/C34H43FN4O9S/c1-18(2)14-39(49(42,43)22-7-9-26-30(13-22)47-33(37-26)36-21-5-6-21)15-28(40)27(10-19-4-8-25(35)29(11-19)44-3)38-34(41)48-31-20-12-23-24(31)17-46-32(23)45-16-20/h4,7-9,11,13,18,20-21,23-24,27-28,31-32,40H,5-6,10,12,14-17H2,1-3H3,(H,36,37)(H,38,41)/t20?,23?,24-,27-,28+,31?,32?/m0/s1. The summed E-state index contributed by atoms with van der Waals surface area (Å²) in [6, 6.07) is 8.40. The monoisotopic (exact) mass is 702 g/mol. The lowest BCUT2D eigenvalue weighted by Gasteiger charge is -2.31. The number of rotatable bonds is 14. The summed E-state index contributed by atoms with van der Waals surface area (Å²) in [5, 5.41) is 17.7. The molecule has 4 fully saturated rings. The van der Waals surface area contributed by atoms with E-state index in [9.17, 15) is 22.7 Å². The van der Waals surface area contributed by atoms with Crippen LogP contribution in [0.2, 0.25) is 0 Å². The van der Waals surface area contributed by atoms with Gasteiger partial charge >= 0.3 is 6.09 Å². The highest BCUT2D eigenvalue weighted by molar-refractivity contribution is 7.89. The molecule has 2 saturated heterocycles. The Morgan fingerprint density at radius 2 is 1.92 bits per heavy atom. The molecule has 3 N–H and O–H groups in total.